The van der Waals surface area contributed by atoms with Gasteiger partial charge in [0.2, 0.25) is 0 Å². The number of ether oxygens (including phenoxy) is 1. The maximum atomic E-state index is 5.43. The Morgan fingerprint density at radius 1 is 1.28 bits per heavy atom. The van der Waals surface area contributed by atoms with Gasteiger partial charge in [-0.25, -0.2) is 0 Å². The van der Waals surface area contributed by atoms with Crippen molar-refractivity contribution in [2.24, 2.45) is 0 Å². The van der Waals surface area contributed by atoms with E-state index in [-0.39, 0.29) is 0 Å². The monoisotopic (exact) mass is 246 g/mol. The van der Waals surface area contributed by atoms with Crippen LogP contribution in [0.15, 0.2) is 18.2 Å². The van der Waals surface area contributed by atoms with Gasteiger partial charge in [0.1, 0.15) is 0 Å². The summed E-state index contributed by atoms with van der Waals surface area (Å²) in [5.41, 5.74) is 4.19. The van der Waals surface area contributed by atoms with Gasteiger partial charge in [0, 0.05) is 38.1 Å². The van der Waals surface area contributed by atoms with E-state index in [1.165, 1.54) is 29.8 Å². The van der Waals surface area contributed by atoms with Crippen LogP contribution < -0.4 is 10.2 Å². The first-order valence-electron chi connectivity index (χ1n) is 7.01. The molecule has 1 saturated heterocycles. The molecule has 3 rings (SSSR count). The van der Waals surface area contributed by atoms with Crippen LogP contribution in [-0.4, -0.2) is 32.8 Å². The number of methoxy groups -OCH3 is 1. The van der Waals surface area contributed by atoms with Crippen LogP contribution in [-0.2, 0) is 11.2 Å². The molecule has 2 heterocycles. The molecule has 0 bridgehead atoms. The van der Waals surface area contributed by atoms with Crippen LogP contribution in [0, 0.1) is 0 Å². The molecule has 3 heteroatoms. The van der Waals surface area contributed by atoms with Gasteiger partial charge in [0.15, 0.2) is 0 Å². The molecule has 0 atom stereocenters. The smallest absolute Gasteiger partial charge is 0.0605 e. The van der Waals surface area contributed by atoms with Crippen molar-refractivity contribution in [2.75, 3.05) is 37.0 Å². The molecule has 1 aromatic rings. The molecular formula is C15H22N2O. The lowest BCUT2D eigenvalue weighted by molar-refractivity contribution is 0.0819. The molecule has 1 N–H and O–H groups in total. The molecule has 0 unspecified atom stereocenters. The second-order valence-corrected chi connectivity index (χ2v) is 5.29. The van der Waals surface area contributed by atoms with Crippen LogP contribution in [0.2, 0.25) is 0 Å². The van der Waals surface area contributed by atoms with Crippen molar-refractivity contribution in [3.05, 3.63) is 23.8 Å². The number of hydrogen-bond donors (Lipinski definition) is 1. The van der Waals surface area contributed by atoms with Crippen LogP contribution in [0.25, 0.3) is 0 Å². The van der Waals surface area contributed by atoms with E-state index in [1.807, 2.05) is 7.11 Å². The number of hydrogen-bond acceptors (Lipinski definition) is 3. The topological polar surface area (TPSA) is 24.5 Å². The molecule has 18 heavy (non-hydrogen) atoms. The summed E-state index contributed by atoms with van der Waals surface area (Å²) in [6, 6.07) is 6.87. The van der Waals surface area contributed by atoms with Gasteiger partial charge >= 0.3 is 0 Å². The maximum absolute atomic E-state index is 5.43. The van der Waals surface area contributed by atoms with Crippen molar-refractivity contribution >= 4 is 11.4 Å². The summed E-state index contributed by atoms with van der Waals surface area (Å²) in [5, 5.41) is 3.47. The van der Waals surface area contributed by atoms with Crippen molar-refractivity contribution in [1.29, 1.82) is 0 Å². The van der Waals surface area contributed by atoms with Crippen LogP contribution in [0.5, 0.6) is 0 Å². The van der Waals surface area contributed by atoms with Crippen molar-refractivity contribution < 1.29 is 4.74 Å². The number of piperidine rings is 1. The minimum atomic E-state index is 0.459. The van der Waals surface area contributed by atoms with E-state index in [4.69, 9.17) is 4.74 Å². The van der Waals surface area contributed by atoms with Crippen molar-refractivity contribution in [3.8, 4) is 0 Å². The third-order valence-electron chi connectivity index (χ3n) is 4.17. The Hall–Kier alpha value is -1.22. The van der Waals surface area contributed by atoms with Gasteiger partial charge in [-0.1, -0.05) is 0 Å². The molecule has 1 fully saturated rings. The van der Waals surface area contributed by atoms with Gasteiger partial charge in [0.25, 0.3) is 0 Å². The molecule has 2 aliphatic heterocycles. The van der Waals surface area contributed by atoms with Gasteiger partial charge < -0.3 is 15.0 Å². The van der Waals surface area contributed by atoms with E-state index in [2.05, 4.69) is 28.4 Å². The molecule has 1 aromatic carbocycles. The Labute approximate surface area is 109 Å². The molecule has 0 radical (unpaired) electrons. The van der Waals surface area contributed by atoms with Crippen molar-refractivity contribution in [1.82, 2.24) is 0 Å². The first-order valence-corrected chi connectivity index (χ1v) is 7.01. The quantitative estimate of drug-likeness (QED) is 0.868. The number of nitrogens with zero attached hydrogens (tertiary/aromatic N) is 1. The summed E-state index contributed by atoms with van der Waals surface area (Å²) in [6.07, 6.45) is 5.21. The second-order valence-electron chi connectivity index (χ2n) is 5.29. The van der Waals surface area contributed by atoms with Crippen LogP contribution in [0.1, 0.15) is 24.8 Å². The Kier molecular flexibility index (Phi) is 3.41. The highest BCUT2D eigenvalue weighted by Gasteiger charge is 2.19. The second kappa shape index (κ2) is 5.19. The first kappa shape index (κ1) is 11.8. The highest BCUT2D eigenvalue weighted by atomic mass is 16.5. The van der Waals surface area contributed by atoms with Crippen LogP contribution in [0.3, 0.4) is 0 Å². The maximum Gasteiger partial charge on any atom is 0.0605 e. The third-order valence-corrected chi connectivity index (χ3v) is 4.17. The average Bonchev–Trinajstić information content (AvgIpc) is 2.47. The summed E-state index contributed by atoms with van der Waals surface area (Å²) in [4.78, 5) is 2.49. The molecule has 0 saturated carbocycles. The molecule has 2 aliphatic rings. The molecule has 0 aromatic heterocycles. The van der Waals surface area contributed by atoms with Gasteiger partial charge in [-0.15, -0.1) is 0 Å². The molecule has 0 aliphatic carbocycles. The average molecular weight is 246 g/mol. The fourth-order valence-corrected chi connectivity index (χ4v) is 3.01. The third kappa shape index (κ3) is 2.32. The number of fused-ring (bicyclic) bond motifs is 1. The highest BCUT2D eigenvalue weighted by molar-refractivity contribution is 5.61. The minimum absolute atomic E-state index is 0.459. The summed E-state index contributed by atoms with van der Waals surface area (Å²) >= 11 is 0. The van der Waals surface area contributed by atoms with E-state index in [0.29, 0.717) is 6.10 Å². The van der Waals surface area contributed by atoms with E-state index >= 15 is 0 Å². The lowest BCUT2D eigenvalue weighted by Crippen LogP contribution is -2.36. The number of aryl methyl sites for hydroxylation is 1. The summed E-state index contributed by atoms with van der Waals surface area (Å²) in [5.74, 6) is 0. The van der Waals surface area contributed by atoms with Crippen LogP contribution in [0.4, 0.5) is 11.4 Å². The van der Waals surface area contributed by atoms with Gasteiger partial charge in [-0.05, 0) is 49.4 Å². The first-order chi connectivity index (χ1) is 8.86. The molecular weight excluding hydrogens is 224 g/mol. The highest BCUT2D eigenvalue weighted by Crippen LogP contribution is 2.28. The van der Waals surface area contributed by atoms with Gasteiger partial charge in [-0.2, -0.15) is 0 Å². The summed E-state index contributed by atoms with van der Waals surface area (Å²) in [7, 11) is 1.82. The Morgan fingerprint density at radius 2 is 2.11 bits per heavy atom. The zero-order chi connectivity index (χ0) is 12.4. The van der Waals surface area contributed by atoms with E-state index in [1.54, 1.807) is 0 Å². The fourth-order valence-electron chi connectivity index (χ4n) is 3.01. The normalized spacial score (nSPS) is 20.4. The molecule has 3 nitrogen and oxygen atoms in total. The van der Waals surface area contributed by atoms with Crippen molar-refractivity contribution in [3.63, 3.8) is 0 Å². The van der Waals surface area contributed by atoms with E-state index in [9.17, 15) is 0 Å². The Morgan fingerprint density at radius 3 is 2.89 bits per heavy atom. The van der Waals surface area contributed by atoms with E-state index in [0.717, 1.165) is 32.5 Å². The number of nitrogens with one attached hydrogen (secondary N) is 1. The largest absolute Gasteiger partial charge is 0.385 e. The van der Waals surface area contributed by atoms with Crippen molar-refractivity contribution in [2.45, 2.75) is 31.8 Å². The Bertz CT molecular complexity index is 411. The Balaban J connectivity index is 1.73. The van der Waals surface area contributed by atoms with Gasteiger partial charge in [-0.3, -0.25) is 0 Å². The number of rotatable bonds is 2. The SMILES string of the molecule is COC1CCN(c2ccc3c(c2)CCCN3)CC1. The standard InChI is InChI=1S/C15H22N2O/c1-18-14-6-9-17(10-7-14)13-4-5-15-12(11-13)3-2-8-16-15/h4-5,11,14,16H,2-3,6-10H2,1H3. The minimum Gasteiger partial charge on any atom is -0.385 e. The zero-order valence-corrected chi connectivity index (χ0v) is 11.1. The summed E-state index contributed by atoms with van der Waals surface area (Å²) < 4.78 is 5.43. The predicted molar refractivity (Wildman–Crippen MR) is 75.5 cm³/mol. The lowest BCUT2D eigenvalue weighted by Gasteiger charge is -2.33. The fraction of sp³-hybridized carbons (Fsp3) is 0.600. The molecule has 0 amide bonds. The molecule has 98 valence electrons. The number of anilines is 2. The molecule has 0 spiro atoms. The summed E-state index contributed by atoms with van der Waals surface area (Å²) in [6.45, 7) is 3.35. The predicted octanol–water partition coefficient (Wildman–Crippen LogP) is 2.66. The number of benzene rings is 1. The zero-order valence-electron chi connectivity index (χ0n) is 11.1. The van der Waals surface area contributed by atoms with Crippen LogP contribution >= 0.6 is 0 Å². The lowest BCUT2D eigenvalue weighted by atomic mass is 10.0. The van der Waals surface area contributed by atoms with Gasteiger partial charge in [0.05, 0.1) is 6.10 Å². The van der Waals surface area contributed by atoms with E-state index < -0.39 is 0 Å².